The maximum Gasteiger partial charge on any atom is 0.324 e. The second kappa shape index (κ2) is 5.63. The van der Waals surface area contributed by atoms with Crippen LogP contribution in [0.2, 0.25) is 0 Å². The van der Waals surface area contributed by atoms with Crippen LogP contribution in [0, 0.1) is 12.2 Å². The molecule has 0 aromatic heterocycles. The lowest BCUT2D eigenvalue weighted by molar-refractivity contribution is -0.143. The van der Waals surface area contributed by atoms with Crippen LogP contribution >= 0.6 is 0 Å². The lowest BCUT2D eigenvalue weighted by atomic mass is 9.94. The molecule has 1 radical (unpaired) electrons. The molecule has 0 aromatic rings. The van der Waals surface area contributed by atoms with E-state index >= 15 is 0 Å². The van der Waals surface area contributed by atoms with Crippen LogP contribution in [-0.2, 0) is 19.4 Å². The molecule has 5 nitrogen and oxygen atoms in total. The van der Waals surface area contributed by atoms with Gasteiger partial charge in [0.15, 0.2) is 15.1 Å². The van der Waals surface area contributed by atoms with Gasteiger partial charge in [0.1, 0.15) is 0 Å². The van der Waals surface area contributed by atoms with Gasteiger partial charge in [0.05, 0.1) is 12.9 Å². The third-order valence-corrected chi connectivity index (χ3v) is 4.07. The van der Waals surface area contributed by atoms with Crippen molar-refractivity contribution in [3.63, 3.8) is 0 Å². The lowest BCUT2D eigenvalue weighted by Crippen LogP contribution is -2.42. The van der Waals surface area contributed by atoms with Crippen molar-refractivity contribution in [3.8, 4) is 0 Å². The van der Waals surface area contributed by atoms with Crippen molar-refractivity contribution in [3.05, 3.63) is 6.26 Å². The summed E-state index contributed by atoms with van der Waals surface area (Å²) in [5, 5.41) is 2.02. The van der Waals surface area contributed by atoms with E-state index in [1.54, 1.807) is 6.92 Å². The summed E-state index contributed by atoms with van der Waals surface area (Å²) in [4.78, 5) is 11.6. The first kappa shape index (κ1) is 13.4. The fraction of sp³-hybridized carbons (Fsp3) is 0.800. The first-order chi connectivity index (χ1) is 7.46. The molecule has 0 bridgehead atoms. The molecule has 1 saturated heterocycles. The van der Waals surface area contributed by atoms with Crippen molar-refractivity contribution in [2.45, 2.75) is 25.0 Å². The Labute approximate surface area is 96.5 Å². The first-order valence-electron chi connectivity index (χ1n) is 5.41. The van der Waals surface area contributed by atoms with Crippen molar-refractivity contribution in [2.75, 3.05) is 19.7 Å². The Morgan fingerprint density at radius 2 is 2.06 bits per heavy atom. The number of esters is 1. The van der Waals surface area contributed by atoms with E-state index in [9.17, 15) is 13.2 Å². The predicted octanol–water partition coefficient (Wildman–Crippen LogP) is 0.124. The van der Waals surface area contributed by atoms with Crippen LogP contribution in [0.25, 0.3) is 0 Å². The molecule has 0 spiro atoms. The highest BCUT2D eigenvalue weighted by Gasteiger charge is 2.38. The topological polar surface area (TPSA) is 72.5 Å². The van der Waals surface area contributed by atoms with Crippen LogP contribution in [0.5, 0.6) is 0 Å². The third-order valence-electron chi connectivity index (χ3n) is 2.72. The van der Waals surface area contributed by atoms with Crippen LogP contribution < -0.4 is 5.32 Å². The van der Waals surface area contributed by atoms with Gasteiger partial charge in [-0.2, -0.15) is 0 Å². The molecule has 16 heavy (non-hydrogen) atoms. The van der Waals surface area contributed by atoms with Gasteiger partial charge in [-0.15, -0.1) is 0 Å². The third kappa shape index (κ3) is 3.45. The van der Waals surface area contributed by atoms with E-state index in [0.29, 0.717) is 12.8 Å². The Morgan fingerprint density at radius 1 is 1.50 bits per heavy atom. The zero-order chi connectivity index (χ0) is 12.2. The number of sulfone groups is 1. The quantitative estimate of drug-likeness (QED) is 0.716. The molecule has 1 heterocycles. The highest BCUT2D eigenvalue weighted by molar-refractivity contribution is 7.93. The van der Waals surface area contributed by atoms with E-state index in [1.807, 2.05) is 0 Å². The fourth-order valence-electron chi connectivity index (χ4n) is 2.00. The summed E-state index contributed by atoms with van der Waals surface area (Å²) in [6.45, 7) is 3.31. The number of ether oxygens (including phenoxy) is 1. The molecule has 1 atom stereocenters. The van der Waals surface area contributed by atoms with Crippen LogP contribution in [-0.4, -0.2) is 39.3 Å². The Bertz CT molecular complexity index is 333. The molecule has 1 aliphatic heterocycles. The van der Waals surface area contributed by atoms with Gasteiger partial charge >= 0.3 is 5.97 Å². The van der Waals surface area contributed by atoms with Gasteiger partial charge < -0.3 is 10.1 Å². The monoisotopic (exact) mass is 248 g/mol. The number of carbonyl (C=O) groups excluding carboxylic acids is 1. The summed E-state index contributed by atoms with van der Waals surface area (Å²) in [5.41, 5.74) is 0. The average Bonchev–Trinajstić information content (AvgIpc) is 2.17. The molecule has 0 saturated carbocycles. The van der Waals surface area contributed by atoms with E-state index in [1.165, 1.54) is 0 Å². The van der Waals surface area contributed by atoms with Crippen LogP contribution in [0.3, 0.4) is 0 Å². The molecule has 1 rings (SSSR count). The van der Waals surface area contributed by atoms with E-state index in [2.05, 4.69) is 11.6 Å². The van der Waals surface area contributed by atoms with Crippen molar-refractivity contribution in [1.29, 1.82) is 0 Å². The first-order valence-corrected chi connectivity index (χ1v) is 7.12. The van der Waals surface area contributed by atoms with Crippen LogP contribution in [0.4, 0.5) is 0 Å². The normalized spacial score (nSPS) is 20.4. The van der Waals surface area contributed by atoms with Gasteiger partial charge in [-0.3, -0.25) is 4.79 Å². The molecule has 1 aliphatic rings. The van der Waals surface area contributed by atoms with E-state index in [4.69, 9.17) is 4.74 Å². The molecule has 0 aromatic carbocycles. The van der Waals surface area contributed by atoms with E-state index < -0.39 is 21.1 Å². The Balaban J connectivity index is 2.82. The Kier molecular flexibility index (Phi) is 4.73. The van der Waals surface area contributed by atoms with Crippen molar-refractivity contribution >= 4 is 15.8 Å². The van der Waals surface area contributed by atoms with Gasteiger partial charge in [0.2, 0.25) is 0 Å². The van der Waals surface area contributed by atoms with E-state index in [0.717, 1.165) is 13.1 Å². The molecule has 1 fully saturated rings. The second-order valence-electron chi connectivity index (χ2n) is 3.92. The summed E-state index contributed by atoms with van der Waals surface area (Å²) in [6.07, 6.45) is 4.43. The SMILES string of the molecule is [CH2]S(=O)(=O)C(C(=O)OCC)C1CCNCC1. The molecule has 0 amide bonds. The molecule has 1 unspecified atom stereocenters. The van der Waals surface area contributed by atoms with E-state index in [-0.39, 0.29) is 12.5 Å². The number of carbonyl (C=O) groups is 1. The molecule has 93 valence electrons. The van der Waals surface area contributed by atoms with Gasteiger partial charge in [0, 0.05) is 0 Å². The standard InChI is InChI=1S/C10H18NO4S/c1-3-15-10(12)9(16(2,13)14)8-4-6-11-7-5-8/h8-9,11H,2-7H2,1H3. The van der Waals surface area contributed by atoms with Crippen LogP contribution in [0.15, 0.2) is 0 Å². The van der Waals surface area contributed by atoms with Gasteiger partial charge in [-0.05, 0) is 38.8 Å². The highest BCUT2D eigenvalue weighted by Crippen LogP contribution is 2.23. The Hall–Kier alpha value is -0.620. The summed E-state index contributed by atoms with van der Waals surface area (Å²) in [5.74, 6) is -0.841. The van der Waals surface area contributed by atoms with Crippen molar-refractivity contribution in [1.82, 2.24) is 5.32 Å². The molecular formula is C10H18NO4S. The number of hydrogen-bond acceptors (Lipinski definition) is 5. The fourth-order valence-corrected chi connectivity index (χ4v) is 3.22. The van der Waals surface area contributed by atoms with Crippen LogP contribution in [0.1, 0.15) is 19.8 Å². The zero-order valence-corrected chi connectivity index (χ0v) is 10.3. The predicted molar refractivity (Wildman–Crippen MR) is 60.3 cm³/mol. The van der Waals surface area contributed by atoms with Gasteiger partial charge in [-0.25, -0.2) is 8.42 Å². The minimum absolute atomic E-state index is 0.178. The number of nitrogens with one attached hydrogen (secondary N) is 1. The molecule has 0 aliphatic carbocycles. The zero-order valence-electron chi connectivity index (χ0n) is 9.44. The maximum atomic E-state index is 11.6. The highest BCUT2D eigenvalue weighted by atomic mass is 32.2. The molecule has 6 heteroatoms. The Morgan fingerprint density at radius 3 is 2.50 bits per heavy atom. The summed E-state index contributed by atoms with van der Waals surface area (Å²) < 4.78 is 27.8. The minimum Gasteiger partial charge on any atom is -0.465 e. The van der Waals surface area contributed by atoms with Gasteiger partial charge in [-0.1, -0.05) is 0 Å². The summed E-state index contributed by atoms with van der Waals surface area (Å²) in [7, 11) is -3.64. The minimum atomic E-state index is -3.64. The number of hydrogen-bond donors (Lipinski definition) is 1. The summed E-state index contributed by atoms with van der Waals surface area (Å²) >= 11 is 0. The van der Waals surface area contributed by atoms with Crippen molar-refractivity contribution in [2.24, 2.45) is 5.92 Å². The average molecular weight is 248 g/mol. The maximum absolute atomic E-state index is 11.6. The lowest BCUT2D eigenvalue weighted by Gasteiger charge is -2.27. The molecular weight excluding hydrogens is 230 g/mol. The number of piperidine rings is 1. The largest absolute Gasteiger partial charge is 0.465 e. The smallest absolute Gasteiger partial charge is 0.324 e. The second-order valence-corrected chi connectivity index (χ2v) is 5.76. The van der Waals surface area contributed by atoms with Crippen molar-refractivity contribution < 1.29 is 17.9 Å². The summed E-state index contributed by atoms with van der Waals surface area (Å²) in [6, 6.07) is 0. The van der Waals surface area contributed by atoms with Gasteiger partial charge in [0.25, 0.3) is 0 Å². The number of rotatable bonds is 4. The molecule has 1 N–H and O–H groups in total.